The Morgan fingerprint density at radius 2 is 1.91 bits per heavy atom. The number of hydrogen-bond acceptors (Lipinski definition) is 5. The second-order valence-corrected chi connectivity index (χ2v) is 5.75. The molecular weight excluding hydrogens is 300 g/mol. The molecular formula is C15H18N4O2S. The summed E-state index contributed by atoms with van der Waals surface area (Å²) < 4.78 is 0. The first-order chi connectivity index (χ1) is 10.6. The first-order valence-corrected chi connectivity index (χ1v) is 7.69. The summed E-state index contributed by atoms with van der Waals surface area (Å²) >= 11 is 1.27. The maximum absolute atomic E-state index is 11.6. The standard InChI is InChI=1S/C15H18N4O2S/c1-19(2)12-5-3-11(4-6-12)7-8-16-13(20)14(21)18-15-17-9-10-22-15/h3-6,9-10H,7-8H2,1-2H3,(H,16,20)(H,17,18,21). The van der Waals surface area contributed by atoms with Crippen molar-refractivity contribution in [3.05, 3.63) is 41.4 Å². The average Bonchev–Trinajstić information content (AvgIpc) is 3.00. The van der Waals surface area contributed by atoms with Crippen molar-refractivity contribution in [1.29, 1.82) is 0 Å². The van der Waals surface area contributed by atoms with Gasteiger partial charge in [0.1, 0.15) is 0 Å². The lowest BCUT2D eigenvalue weighted by Crippen LogP contribution is -2.36. The Morgan fingerprint density at radius 1 is 1.18 bits per heavy atom. The van der Waals surface area contributed by atoms with Gasteiger partial charge >= 0.3 is 11.8 Å². The monoisotopic (exact) mass is 318 g/mol. The van der Waals surface area contributed by atoms with E-state index in [1.54, 1.807) is 11.6 Å². The maximum atomic E-state index is 11.6. The van der Waals surface area contributed by atoms with Gasteiger partial charge < -0.3 is 10.2 Å². The lowest BCUT2D eigenvalue weighted by Gasteiger charge is -2.12. The molecule has 22 heavy (non-hydrogen) atoms. The van der Waals surface area contributed by atoms with Crippen LogP contribution in [0.4, 0.5) is 10.8 Å². The zero-order valence-corrected chi connectivity index (χ0v) is 13.3. The number of carbonyl (C=O) groups is 2. The molecule has 0 aliphatic heterocycles. The molecule has 0 fully saturated rings. The van der Waals surface area contributed by atoms with Crippen LogP contribution in [0.15, 0.2) is 35.8 Å². The number of thiazole rings is 1. The van der Waals surface area contributed by atoms with Gasteiger partial charge in [-0.05, 0) is 24.1 Å². The number of amides is 2. The van der Waals surface area contributed by atoms with E-state index in [-0.39, 0.29) is 0 Å². The third kappa shape index (κ3) is 4.56. The Morgan fingerprint density at radius 3 is 2.50 bits per heavy atom. The minimum absolute atomic E-state index is 0.408. The van der Waals surface area contributed by atoms with E-state index in [9.17, 15) is 9.59 Å². The van der Waals surface area contributed by atoms with Crippen LogP contribution in [0.5, 0.6) is 0 Å². The molecule has 2 N–H and O–H groups in total. The predicted octanol–water partition coefficient (Wildman–Crippen LogP) is 1.51. The van der Waals surface area contributed by atoms with Crippen LogP contribution in [0.2, 0.25) is 0 Å². The van der Waals surface area contributed by atoms with E-state index in [1.807, 2.05) is 43.3 Å². The number of benzene rings is 1. The number of nitrogens with one attached hydrogen (secondary N) is 2. The number of hydrogen-bond donors (Lipinski definition) is 2. The molecule has 6 nitrogen and oxygen atoms in total. The van der Waals surface area contributed by atoms with E-state index in [0.29, 0.717) is 18.1 Å². The lowest BCUT2D eigenvalue weighted by atomic mass is 10.1. The zero-order valence-electron chi connectivity index (χ0n) is 12.5. The molecule has 1 aromatic heterocycles. The Hall–Kier alpha value is -2.41. The summed E-state index contributed by atoms with van der Waals surface area (Å²) in [6.45, 7) is 0.408. The number of anilines is 2. The van der Waals surface area contributed by atoms with Crippen molar-refractivity contribution < 1.29 is 9.59 Å². The third-order valence-corrected chi connectivity index (χ3v) is 3.70. The van der Waals surface area contributed by atoms with Crippen LogP contribution < -0.4 is 15.5 Å². The fourth-order valence-electron chi connectivity index (χ4n) is 1.80. The Kier molecular flexibility index (Phi) is 5.48. The van der Waals surface area contributed by atoms with Crippen LogP contribution in [0.1, 0.15) is 5.56 Å². The first-order valence-electron chi connectivity index (χ1n) is 6.81. The molecule has 116 valence electrons. The van der Waals surface area contributed by atoms with Crippen LogP contribution in [-0.2, 0) is 16.0 Å². The van der Waals surface area contributed by atoms with E-state index in [0.717, 1.165) is 11.3 Å². The SMILES string of the molecule is CN(C)c1ccc(CCNC(=O)C(=O)Nc2nccs2)cc1. The highest BCUT2D eigenvalue weighted by molar-refractivity contribution is 7.13. The molecule has 0 atom stereocenters. The molecule has 0 aliphatic carbocycles. The minimum atomic E-state index is -0.696. The molecule has 0 saturated heterocycles. The van der Waals surface area contributed by atoms with Crippen molar-refractivity contribution in [2.75, 3.05) is 30.9 Å². The summed E-state index contributed by atoms with van der Waals surface area (Å²) in [4.78, 5) is 29.2. The molecule has 0 saturated carbocycles. The summed E-state index contributed by atoms with van der Waals surface area (Å²) in [5, 5.41) is 7.18. The van der Waals surface area contributed by atoms with Crippen LogP contribution >= 0.6 is 11.3 Å². The number of aromatic nitrogens is 1. The van der Waals surface area contributed by atoms with Crippen molar-refractivity contribution in [3.8, 4) is 0 Å². The average molecular weight is 318 g/mol. The van der Waals surface area contributed by atoms with Gasteiger partial charge in [0.05, 0.1) is 0 Å². The van der Waals surface area contributed by atoms with Crippen molar-refractivity contribution in [3.63, 3.8) is 0 Å². The molecule has 0 aliphatic rings. The highest BCUT2D eigenvalue weighted by atomic mass is 32.1. The highest BCUT2D eigenvalue weighted by Crippen LogP contribution is 2.12. The molecule has 0 bridgehead atoms. The molecule has 7 heteroatoms. The molecule has 2 rings (SSSR count). The van der Waals surface area contributed by atoms with Gasteiger partial charge in [-0.3, -0.25) is 14.9 Å². The molecule has 0 unspecified atom stereocenters. The number of nitrogens with zero attached hydrogens (tertiary/aromatic N) is 2. The summed E-state index contributed by atoms with van der Waals surface area (Å²) in [5.41, 5.74) is 2.22. The van der Waals surface area contributed by atoms with E-state index in [2.05, 4.69) is 15.6 Å². The smallest absolute Gasteiger partial charge is 0.315 e. The fraction of sp³-hybridized carbons (Fsp3) is 0.267. The zero-order chi connectivity index (χ0) is 15.9. The second-order valence-electron chi connectivity index (χ2n) is 4.86. The van der Waals surface area contributed by atoms with Crippen molar-refractivity contribution in [2.24, 2.45) is 0 Å². The molecule has 2 aromatic rings. The van der Waals surface area contributed by atoms with Crippen LogP contribution in [-0.4, -0.2) is 37.4 Å². The Bertz CT molecular complexity index is 624. The topological polar surface area (TPSA) is 74.3 Å². The first kappa shape index (κ1) is 16.0. The molecule has 1 aromatic carbocycles. The van der Waals surface area contributed by atoms with E-state index >= 15 is 0 Å². The predicted molar refractivity (Wildman–Crippen MR) is 88.2 cm³/mol. The normalized spacial score (nSPS) is 10.1. The van der Waals surface area contributed by atoms with Gasteiger partial charge in [0.2, 0.25) is 0 Å². The summed E-state index contributed by atoms with van der Waals surface area (Å²) in [6.07, 6.45) is 2.24. The van der Waals surface area contributed by atoms with Crippen molar-refractivity contribution in [1.82, 2.24) is 10.3 Å². The van der Waals surface area contributed by atoms with Crippen LogP contribution in [0.25, 0.3) is 0 Å². The number of rotatable bonds is 5. The van der Waals surface area contributed by atoms with Gasteiger partial charge in [0.15, 0.2) is 5.13 Å². The van der Waals surface area contributed by atoms with Gasteiger partial charge in [-0.15, -0.1) is 11.3 Å². The molecule has 0 spiro atoms. The van der Waals surface area contributed by atoms with Crippen molar-refractivity contribution >= 4 is 34.0 Å². The largest absolute Gasteiger partial charge is 0.378 e. The summed E-state index contributed by atoms with van der Waals surface area (Å²) in [7, 11) is 3.96. The minimum Gasteiger partial charge on any atom is -0.378 e. The number of carbonyl (C=O) groups excluding carboxylic acids is 2. The van der Waals surface area contributed by atoms with Gasteiger partial charge in [-0.25, -0.2) is 4.98 Å². The van der Waals surface area contributed by atoms with E-state index in [1.165, 1.54) is 11.3 Å². The molecule has 0 radical (unpaired) electrons. The van der Waals surface area contributed by atoms with Gasteiger partial charge in [-0.1, -0.05) is 12.1 Å². The van der Waals surface area contributed by atoms with Crippen LogP contribution in [0, 0.1) is 0 Å². The molecule has 1 heterocycles. The molecule has 2 amide bonds. The lowest BCUT2D eigenvalue weighted by molar-refractivity contribution is -0.136. The van der Waals surface area contributed by atoms with E-state index in [4.69, 9.17) is 0 Å². The van der Waals surface area contributed by atoms with Gasteiger partial charge in [0.25, 0.3) is 0 Å². The Labute approximate surface area is 133 Å². The quantitative estimate of drug-likeness (QED) is 0.820. The van der Waals surface area contributed by atoms with E-state index < -0.39 is 11.8 Å². The highest BCUT2D eigenvalue weighted by Gasteiger charge is 2.13. The van der Waals surface area contributed by atoms with Gasteiger partial charge in [0, 0.05) is 37.9 Å². The van der Waals surface area contributed by atoms with Crippen LogP contribution in [0.3, 0.4) is 0 Å². The maximum Gasteiger partial charge on any atom is 0.315 e. The Balaban J connectivity index is 1.75. The fourth-order valence-corrected chi connectivity index (χ4v) is 2.32. The summed E-state index contributed by atoms with van der Waals surface area (Å²) in [5.74, 6) is -1.35. The second kappa shape index (κ2) is 7.56. The van der Waals surface area contributed by atoms with Gasteiger partial charge in [-0.2, -0.15) is 0 Å². The van der Waals surface area contributed by atoms with Crippen molar-refractivity contribution in [2.45, 2.75) is 6.42 Å². The summed E-state index contributed by atoms with van der Waals surface area (Å²) in [6, 6.07) is 8.06. The third-order valence-electron chi connectivity index (χ3n) is 3.01.